The number of hydrogen-bond acceptors (Lipinski definition) is 4. The minimum atomic E-state index is 0.156. The molecule has 1 fully saturated rings. The minimum Gasteiger partial charge on any atom is -0.351 e. The molecule has 0 aliphatic heterocycles. The highest BCUT2D eigenvalue weighted by Crippen LogP contribution is 2.26. The van der Waals surface area contributed by atoms with Crippen LogP contribution in [0.5, 0.6) is 0 Å². The smallest absolute Gasteiger partial charge is 0.204 e. The molecule has 4 rings (SSSR count). The second kappa shape index (κ2) is 7.19. The summed E-state index contributed by atoms with van der Waals surface area (Å²) in [5.41, 5.74) is 10.0. The fourth-order valence-electron chi connectivity index (χ4n) is 3.79. The number of nitrogens with zero attached hydrogens (tertiary/aromatic N) is 3. The quantitative estimate of drug-likeness (QED) is 0.756. The molecule has 0 amide bonds. The average Bonchev–Trinajstić information content (AvgIpc) is 3.01. The van der Waals surface area contributed by atoms with Crippen LogP contribution < -0.4 is 11.1 Å². The highest BCUT2D eigenvalue weighted by molar-refractivity contribution is 5.78. The predicted octanol–water partition coefficient (Wildman–Crippen LogP) is 3.64. The predicted molar refractivity (Wildman–Crippen MR) is 104 cm³/mol. The third-order valence-electron chi connectivity index (χ3n) is 5.25. The van der Waals surface area contributed by atoms with Gasteiger partial charge in [0.05, 0.1) is 29.2 Å². The van der Waals surface area contributed by atoms with Crippen LogP contribution in [0.25, 0.3) is 11.0 Å². The van der Waals surface area contributed by atoms with Gasteiger partial charge in [0.25, 0.3) is 0 Å². The highest BCUT2D eigenvalue weighted by atomic mass is 15.2. The van der Waals surface area contributed by atoms with Crippen LogP contribution in [-0.2, 0) is 6.54 Å². The Bertz CT molecular complexity index is 952. The minimum absolute atomic E-state index is 0.156. The maximum absolute atomic E-state index is 9.42. The van der Waals surface area contributed by atoms with E-state index in [-0.39, 0.29) is 12.1 Å². The van der Waals surface area contributed by atoms with Crippen molar-refractivity contribution in [3.05, 3.63) is 59.7 Å². The maximum atomic E-state index is 9.42. The van der Waals surface area contributed by atoms with Gasteiger partial charge in [-0.1, -0.05) is 43.2 Å². The Morgan fingerprint density at radius 3 is 2.73 bits per heavy atom. The van der Waals surface area contributed by atoms with Crippen molar-refractivity contribution in [3.63, 3.8) is 0 Å². The number of nitrogens with one attached hydrogen (secondary N) is 1. The van der Waals surface area contributed by atoms with E-state index in [9.17, 15) is 5.26 Å². The van der Waals surface area contributed by atoms with Gasteiger partial charge >= 0.3 is 0 Å². The van der Waals surface area contributed by atoms with Crippen molar-refractivity contribution in [2.75, 3.05) is 5.32 Å². The van der Waals surface area contributed by atoms with Gasteiger partial charge in [0.1, 0.15) is 0 Å². The maximum Gasteiger partial charge on any atom is 0.204 e. The molecule has 0 unspecified atom stereocenters. The summed E-state index contributed by atoms with van der Waals surface area (Å²) in [7, 11) is 0. The topological polar surface area (TPSA) is 79.7 Å². The first kappa shape index (κ1) is 16.6. The lowest BCUT2D eigenvalue weighted by atomic mass is 9.91. The number of rotatable bonds is 4. The van der Waals surface area contributed by atoms with Gasteiger partial charge < -0.3 is 15.6 Å². The normalized spacial score (nSPS) is 20.0. The summed E-state index contributed by atoms with van der Waals surface area (Å²) >= 11 is 0. The molecule has 0 spiro atoms. The van der Waals surface area contributed by atoms with E-state index in [0.29, 0.717) is 12.1 Å². The molecule has 1 aromatic heterocycles. The van der Waals surface area contributed by atoms with Crippen LogP contribution in [0.15, 0.2) is 48.5 Å². The third-order valence-corrected chi connectivity index (χ3v) is 5.25. The molecule has 0 bridgehead atoms. The Morgan fingerprint density at radius 2 is 1.88 bits per heavy atom. The van der Waals surface area contributed by atoms with Crippen molar-refractivity contribution < 1.29 is 0 Å². The van der Waals surface area contributed by atoms with Gasteiger partial charge in [0.15, 0.2) is 0 Å². The van der Waals surface area contributed by atoms with Gasteiger partial charge in [0.2, 0.25) is 5.95 Å². The van der Waals surface area contributed by atoms with E-state index >= 15 is 0 Å². The molecule has 132 valence electrons. The molecule has 26 heavy (non-hydrogen) atoms. The van der Waals surface area contributed by atoms with Crippen LogP contribution in [0.2, 0.25) is 0 Å². The molecule has 2 aromatic carbocycles. The summed E-state index contributed by atoms with van der Waals surface area (Å²) in [4.78, 5) is 4.81. The van der Waals surface area contributed by atoms with E-state index in [2.05, 4.69) is 22.0 Å². The Morgan fingerprint density at radius 1 is 1.12 bits per heavy atom. The zero-order valence-electron chi connectivity index (χ0n) is 14.7. The number of para-hydroxylation sites is 2. The summed E-state index contributed by atoms with van der Waals surface area (Å²) in [5.74, 6) is 0.835. The summed E-state index contributed by atoms with van der Waals surface area (Å²) in [6.45, 7) is 0.606. The van der Waals surface area contributed by atoms with Gasteiger partial charge in [-0.15, -0.1) is 0 Å². The van der Waals surface area contributed by atoms with Crippen molar-refractivity contribution in [2.45, 2.75) is 44.3 Å². The number of nitriles is 1. The highest BCUT2D eigenvalue weighted by Gasteiger charge is 2.24. The van der Waals surface area contributed by atoms with E-state index in [1.807, 2.05) is 42.5 Å². The Labute approximate surface area is 153 Å². The van der Waals surface area contributed by atoms with Crippen LogP contribution in [0.3, 0.4) is 0 Å². The first-order valence-electron chi connectivity index (χ1n) is 9.21. The third kappa shape index (κ3) is 3.16. The molecule has 1 aliphatic rings. The number of anilines is 1. The van der Waals surface area contributed by atoms with E-state index < -0.39 is 0 Å². The number of fused-ring (bicyclic) bond motifs is 1. The monoisotopic (exact) mass is 345 g/mol. The molecule has 0 radical (unpaired) electrons. The lowest BCUT2D eigenvalue weighted by Gasteiger charge is -2.29. The van der Waals surface area contributed by atoms with Crippen molar-refractivity contribution >= 4 is 17.0 Å². The van der Waals surface area contributed by atoms with Crippen LogP contribution in [0.1, 0.15) is 36.8 Å². The second-order valence-corrected chi connectivity index (χ2v) is 6.98. The molecule has 5 nitrogen and oxygen atoms in total. The SMILES string of the molecule is N#Cc1ccccc1Cn1c(N[C@H]2CCCC[C@H]2N)nc2ccccc21. The van der Waals surface area contributed by atoms with E-state index in [0.717, 1.165) is 35.4 Å². The van der Waals surface area contributed by atoms with Gasteiger partial charge in [-0.2, -0.15) is 5.26 Å². The molecule has 1 aliphatic carbocycles. The van der Waals surface area contributed by atoms with Crippen LogP contribution in [0.4, 0.5) is 5.95 Å². The lowest BCUT2D eigenvalue weighted by molar-refractivity contribution is 0.401. The first-order chi connectivity index (χ1) is 12.8. The van der Waals surface area contributed by atoms with Crippen molar-refractivity contribution in [2.24, 2.45) is 5.73 Å². The van der Waals surface area contributed by atoms with Gasteiger partial charge in [-0.3, -0.25) is 0 Å². The summed E-state index contributed by atoms with van der Waals surface area (Å²) in [6, 6.07) is 18.5. The fraction of sp³-hybridized carbons (Fsp3) is 0.333. The largest absolute Gasteiger partial charge is 0.351 e. The molecule has 2 atom stereocenters. The van der Waals surface area contributed by atoms with E-state index in [1.54, 1.807) is 0 Å². The molecular weight excluding hydrogens is 322 g/mol. The molecule has 1 heterocycles. The van der Waals surface area contributed by atoms with Crippen LogP contribution in [0, 0.1) is 11.3 Å². The zero-order valence-corrected chi connectivity index (χ0v) is 14.7. The second-order valence-electron chi connectivity index (χ2n) is 6.98. The van der Waals surface area contributed by atoms with Crippen LogP contribution in [-0.4, -0.2) is 21.6 Å². The Balaban J connectivity index is 1.73. The molecule has 5 heteroatoms. The van der Waals surface area contributed by atoms with Crippen LogP contribution >= 0.6 is 0 Å². The molecule has 0 saturated heterocycles. The average molecular weight is 345 g/mol. The van der Waals surface area contributed by atoms with Gasteiger partial charge in [-0.05, 0) is 36.6 Å². The molecular formula is C21H23N5. The van der Waals surface area contributed by atoms with Crippen molar-refractivity contribution in [1.29, 1.82) is 5.26 Å². The van der Waals surface area contributed by atoms with Crippen molar-refractivity contribution in [3.8, 4) is 6.07 Å². The van der Waals surface area contributed by atoms with E-state index in [1.165, 1.54) is 12.8 Å². The number of aromatic nitrogens is 2. The van der Waals surface area contributed by atoms with Crippen molar-refractivity contribution in [1.82, 2.24) is 9.55 Å². The number of benzene rings is 2. The van der Waals surface area contributed by atoms with E-state index in [4.69, 9.17) is 10.7 Å². The molecule has 1 saturated carbocycles. The fourth-order valence-corrected chi connectivity index (χ4v) is 3.79. The number of nitrogens with two attached hydrogens (primary N) is 1. The molecule has 3 N–H and O–H groups in total. The summed E-state index contributed by atoms with van der Waals surface area (Å²) < 4.78 is 2.16. The van der Waals surface area contributed by atoms with Gasteiger partial charge in [0, 0.05) is 12.1 Å². The lowest BCUT2D eigenvalue weighted by Crippen LogP contribution is -2.43. The Hall–Kier alpha value is -2.84. The number of hydrogen-bond donors (Lipinski definition) is 2. The Kier molecular flexibility index (Phi) is 4.59. The number of imidazole rings is 1. The zero-order chi connectivity index (χ0) is 17.9. The first-order valence-corrected chi connectivity index (χ1v) is 9.21. The summed E-state index contributed by atoms with van der Waals surface area (Å²) in [5, 5.41) is 13.0. The molecule has 3 aromatic rings. The standard InChI is InChI=1S/C21H23N5/c22-13-15-7-1-2-8-16(15)14-26-20-12-6-5-11-19(20)25-21(26)24-18-10-4-3-9-17(18)23/h1-2,5-8,11-12,17-18H,3-4,9-10,14,23H2,(H,24,25)/t17-,18+/m1/s1. The van der Waals surface area contributed by atoms with Gasteiger partial charge in [-0.25, -0.2) is 4.98 Å². The summed E-state index contributed by atoms with van der Waals surface area (Å²) in [6.07, 6.45) is 4.52.